The fourth-order valence-corrected chi connectivity index (χ4v) is 3.80. The van der Waals surface area contributed by atoms with Crippen molar-refractivity contribution in [2.75, 3.05) is 33.8 Å². The number of rotatable bonds is 5. The molecule has 1 amide bonds. The predicted molar refractivity (Wildman–Crippen MR) is 98.9 cm³/mol. The molecule has 1 fully saturated rings. The molecule has 0 unspecified atom stereocenters. The lowest BCUT2D eigenvalue weighted by molar-refractivity contribution is -0.146. The van der Waals surface area contributed by atoms with Gasteiger partial charge >= 0.3 is 5.97 Å². The van der Waals surface area contributed by atoms with Crippen molar-refractivity contribution >= 4 is 21.9 Å². The second-order valence-corrected chi connectivity index (χ2v) is 9.05. The zero-order valence-electron chi connectivity index (χ0n) is 16.3. The van der Waals surface area contributed by atoms with Gasteiger partial charge in [0.15, 0.2) is 6.61 Å². The number of benzene rings is 1. The Morgan fingerprint density at radius 3 is 2.37 bits per heavy atom. The van der Waals surface area contributed by atoms with Crippen molar-refractivity contribution in [3.63, 3.8) is 0 Å². The number of aryl methyl sites for hydroxylation is 1. The maximum atomic E-state index is 12.4. The van der Waals surface area contributed by atoms with E-state index in [1.807, 2.05) is 13.8 Å². The van der Waals surface area contributed by atoms with Gasteiger partial charge in [-0.15, -0.1) is 0 Å². The van der Waals surface area contributed by atoms with Crippen LogP contribution in [0.25, 0.3) is 0 Å². The van der Waals surface area contributed by atoms with Crippen LogP contribution in [-0.4, -0.2) is 75.5 Å². The van der Waals surface area contributed by atoms with E-state index in [0.717, 1.165) is 4.31 Å². The van der Waals surface area contributed by atoms with Gasteiger partial charge in [0, 0.05) is 27.2 Å². The first-order valence-electron chi connectivity index (χ1n) is 8.66. The maximum Gasteiger partial charge on any atom is 0.338 e. The minimum Gasteiger partial charge on any atom is -0.452 e. The molecule has 8 nitrogen and oxygen atoms in total. The Bertz CT molecular complexity index is 811. The number of morpholine rings is 1. The Morgan fingerprint density at radius 1 is 1.22 bits per heavy atom. The molecule has 1 heterocycles. The molecule has 150 valence electrons. The standard InChI is InChI=1S/C18H26N2O6S/c1-12-6-7-15(27(23,24)19(4)5)8-16(12)18(22)25-11-17(21)20-9-13(2)26-14(3)10-20/h6-8,13-14H,9-11H2,1-5H3/t13-,14-/m1/s1. The van der Waals surface area contributed by atoms with E-state index < -0.39 is 22.6 Å². The van der Waals surface area contributed by atoms with Gasteiger partial charge in [0.2, 0.25) is 10.0 Å². The highest BCUT2D eigenvalue weighted by molar-refractivity contribution is 7.89. The Hall–Kier alpha value is -1.97. The number of ether oxygens (including phenoxy) is 2. The van der Waals surface area contributed by atoms with Crippen molar-refractivity contribution in [1.29, 1.82) is 0 Å². The van der Waals surface area contributed by atoms with Gasteiger partial charge < -0.3 is 14.4 Å². The average molecular weight is 398 g/mol. The van der Waals surface area contributed by atoms with E-state index in [0.29, 0.717) is 18.7 Å². The minimum atomic E-state index is -3.67. The SMILES string of the molecule is Cc1ccc(S(=O)(=O)N(C)C)cc1C(=O)OCC(=O)N1C[C@@H](C)O[C@H](C)C1. The molecule has 1 saturated heterocycles. The smallest absolute Gasteiger partial charge is 0.338 e. The normalized spacial score (nSPS) is 20.6. The van der Waals surface area contributed by atoms with E-state index in [-0.39, 0.29) is 28.6 Å². The molecular weight excluding hydrogens is 372 g/mol. The molecule has 0 aliphatic carbocycles. The monoisotopic (exact) mass is 398 g/mol. The van der Waals surface area contributed by atoms with Gasteiger partial charge in [0.1, 0.15) is 0 Å². The highest BCUT2D eigenvalue weighted by Crippen LogP contribution is 2.19. The zero-order valence-corrected chi connectivity index (χ0v) is 17.1. The fraction of sp³-hybridized carbons (Fsp3) is 0.556. The predicted octanol–water partition coefficient (Wildman–Crippen LogP) is 1.04. The van der Waals surface area contributed by atoms with Crippen LogP contribution in [0.15, 0.2) is 23.1 Å². The molecule has 1 aromatic rings. The molecule has 1 aliphatic rings. The van der Waals surface area contributed by atoms with Gasteiger partial charge in [0.25, 0.3) is 5.91 Å². The van der Waals surface area contributed by atoms with Crippen LogP contribution in [0.2, 0.25) is 0 Å². The highest BCUT2D eigenvalue weighted by Gasteiger charge is 2.27. The summed E-state index contributed by atoms with van der Waals surface area (Å²) in [4.78, 5) is 26.3. The van der Waals surface area contributed by atoms with Crippen LogP contribution in [0, 0.1) is 6.92 Å². The molecule has 0 bridgehead atoms. The molecule has 1 aliphatic heterocycles. The summed E-state index contributed by atoms with van der Waals surface area (Å²) in [6.07, 6.45) is -0.160. The summed E-state index contributed by atoms with van der Waals surface area (Å²) in [5.41, 5.74) is 0.688. The first-order valence-corrected chi connectivity index (χ1v) is 10.1. The largest absolute Gasteiger partial charge is 0.452 e. The van der Waals surface area contributed by atoms with E-state index >= 15 is 0 Å². The number of hydrogen-bond acceptors (Lipinski definition) is 6. The first kappa shape index (κ1) is 21.3. The lowest BCUT2D eigenvalue weighted by Crippen LogP contribution is -2.49. The molecule has 27 heavy (non-hydrogen) atoms. The van der Waals surface area contributed by atoms with Crippen LogP contribution >= 0.6 is 0 Å². The van der Waals surface area contributed by atoms with Crippen molar-refractivity contribution in [1.82, 2.24) is 9.21 Å². The van der Waals surface area contributed by atoms with Gasteiger partial charge in [-0.25, -0.2) is 17.5 Å². The van der Waals surface area contributed by atoms with Crippen LogP contribution in [0.4, 0.5) is 0 Å². The maximum absolute atomic E-state index is 12.4. The zero-order chi connectivity index (χ0) is 20.4. The number of esters is 1. The summed E-state index contributed by atoms with van der Waals surface area (Å²) in [7, 11) is -0.848. The lowest BCUT2D eigenvalue weighted by Gasteiger charge is -2.35. The van der Waals surface area contributed by atoms with E-state index in [4.69, 9.17) is 9.47 Å². The lowest BCUT2D eigenvalue weighted by atomic mass is 10.1. The number of carbonyl (C=O) groups is 2. The number of nitrogens with zero attached hydrogens (tertiary/aromatic N) is 2. The van der Waals surface area contributed by atoms with Gasteiger partial charge in [0.05, 0.1) is 22.7 Å². The number of hydrogen-bond donors (Lipinski definition) is 0. The summed E-state index contributed by atoms with van der Waals surface area (Å²) in [6, 6.07) is 4.25. The molecule has 2 rings (SSSR count). The minimum absolute atomic E-state index is 0.00722. The van der Waals surface area contributed by atoms with Crippen molar-refractivity contribution in [2.45, 2.75) is 37.9 Å². The quantitative estimate of drug-likeness (QED) is 0.688. The summed E-state index contributed by atoms with van der Waals surface area (Å²) < 4.78 is 36.3. The van der Waals surface area contributed by atoms with Crippen molar-refractivity contribution < 1.29 is 27.5 Å². The third-order valence-electron chi connectivity index (χ3n) is 4.31. The Balaban J connectivity index is 2.09. The Kier molecular flexibility index (Phi) is 6.61. The van der Waals surface area contributed by atoms with Crippen LogP contribution < -0.4 is 0 Å². The second-order valence-electron chi connectivity index (χ2n) is 6.90. The topological polar surface area (TPSA) is 93.2 Å². The average Bonchev–Trinajstić information content (AvgIpc) is 2.58. The summed E-state index contributed by atoms with van der Waals surface area (Å²) >= 11 is 0. The number of amides is 1. The van der Waals surface area contributed by atoms with E-state index in [1.165, 1.54) is 26.2 Å². The van der Waals surface area contributed by atoms with Crippen LogP contribution in [-0.2, 0) is 24.3 Å². The molecule has 9 heteroatoms. The van der Waals surface area contributed by atoms with Crippen molar-refractivity contribution in [3.8, 4) is 0 Å². The molecular formula is C18H26N2O6S. The van der Waals surface area contributed by atoms with E-state index in [2.05, 4.69) is 0 Å². The van der Waals surface area contributed by atoms with Crippen LogP contribution in [0.3, 0.4) is 0 Å². The summed E-state index contributed by atoms with van der Waals surface area (Å²) in [5, 5.41) is 0. The van der Waals surface area contributed by atoms with Gasteiger partial charge in [-0.1, -0.05) is 6.07 Å². The van der Waals surface area contributed by atoms with Gasteiger partial charge in [-0.05, 0) is 38.5 Å². The number of carbonyl (C=O) groups excluding carboxylic acids is 2. The third kappa shape index (κ3) is 5.06. The number of sulfonamides is 1. The molecule has 0 saturated carbocycles. The molecule has 1 aromatic carbocycles. The summed E-state index contributed by atoms with van der Waals surface area (Å²) in [6.45, 7) is 5.91. The third-order valence-corrected chi connectivity index (χ3v) is 6.12. The van der Waals surface area contributed by atoms with E-state index in [9.17, 15) is 18.0 Å². The Labute approximate surface area is 160 Å². The van der Waals surface area contributed by atoms with Gasteiger partial charge in [-0.3, -0.25) is 4.79 Å². The Morgan fingerprint density at radius 2 is 1.81 bits per heavy atom. The molecule has 0 radical (unpaired) electrons. The fourth-order valence-electron chi connectivity index (χ4n) is 2.87. The van der Waals surface area contributed by atoms with Crippen LogP contribution in [0.1, 0.15) is 29.8 Å². The molecule has 2 atom stereocenters. The molecule has 0 aromatic heterocycles. The molecule has 0 N–H and O–H groups in total. The van der Waals surface area contributed by atoms with E-state index in [1.54, 1.807) is 17.9 Å². The van der Waals surface area contributed by atoms with Crippen molar-refractivity contribution in [2.24, 2.45) is 0 Å². The van der Waals surface area contributed by atoms with Crippen LogP contribution in [0.5, 0.6) is 0 Å². The summed E-state index contributed by atoms with van der Waals surface area (Å²) in [5.74, 6) is -1.04. The van der Waals surface area contributed by atoms with Crippen molar-refractivity contribution in [3.05, 3.63) is 29.3 Å². The second kappa shape index (κ2) is 8.37. The highest BCUT2D eigenvalue weighted by atomic mass is 32.2. The van der Waals surface area contributed by atoms with Gasteiger partial charge in [-0.2, -0.15) is 0 Å². The molecule has 0 spiro atoms. The first-order chi connectivity index (χ1) is 12.5.